The molecule has 1 aromatic rings. The molecule has 0 radical (unpaired) electrons. The third kappa shape index (κ3) is 3.51. The number of nitrogens with two attached hydrogens (primary N) is 1. The van der Waals surface area contributed by atoms with Crippen LogP contribution in [0, 0.1) is 0 Å². The van der Waals surface area contributed by atoms with Gasteiger partial charge >= 0.3 is 6.09 Å². The van der Waals surface area contributed by atoms with E-state index < -0.39 is 5.60 Å². The van der Waals surface area contributed by atoms with Gasteiger partial charge in [0.05, 0.1) is 5.69 Å². The Balaban J connectivity index is 2.11. The van der Waals surface area contributed by atoms with Crippen LogP contribution < -0.4 is 10.6 Å². The SMILES string of the molecule is CC(C)(C)OC(=O)N1CCc2cc(CCCN)ccc21. The smallest absolute Gasteiger partial charge is 0.414 e. The lowest BCUT2D eigenvalue weighted by Crippen LogP contribution is -2.35. The van der Waals surface area contributed by atoms with Gasteiger partial charge in [-0.05, 0) is 63.8 Å². The number of rotatable bonds is 3. The van der Waals surface area contributed by atoms with E-state index in [0.717, 1.165) is 24.9 Å². The lowest BCUT2D eigenvalue weighted by atomic mass is 10.0. The van der Waals surface area contributed by atoms with Gasteiger partial charge in [0, 0.05) is 6.54 Å². The summed E-state index contributed by atoms with van der Waals surface area (Å²) in [6.07, 6.45) is 2.63. The summed E-state index contributed by atoms with van der Waals surface area (Å²) in [4.78, 5) is 13.9. The Morgan fingerprint density at radius 1 is 1.40 bits per heavy atom. The predicted octanol–water partition coefficient (Wildman–Crippen LogP) is 2.88. The fraction of sp³-hybridized carbons (Fsp3) is 0.562. The molecule has 2 N–H and O–H groups in total. The van der Waals surface area contributed by atoms with Crippen LogP contribution in [0.3, 0.4) is 0 Å². The Morgan fingerprint density at radius 3 is 2.80 bits per heavy atom. The molecule has 0 atom stereocenters. The number of amides is 1. The number of hydrogen-bond donors (Lipinski definition) is 1. The summed E-state index contributed by atoms with van der Waals surface area (Å²) in [7, 11) is 0. The number of aryl methyl sites for hydroxylation is 1. The van der Waals surface area contributed by atoms with E-state index in [2.05, 4.69) is 12.1 Å². The topological polar surface area (TPSA) is 55.6 Å². The van der Waals surface area contributed by atoms with Crippen LogP contribution in [-0.2, 0) is 17.6 Å². The highest BCUT2D eigenvalue weighted by molar-refractivity contribution is 5.90. The molecule has 1 heterocycles. The Hall–Kier alpha value is -1.55. The van der Waals surface area contributed by atoms with Crippen LogP contribution in [0.1, 0.15) is 38.3 Å². The van der Waals surface area contributed by atoms with E-state index in [4.69, 9.17) is 10.5 Å². The minimum atomic E-state index is -0.457. The van der Waals surface area contributed by atoms with Gasteiger partial charge in [0.15, 0.2) is 0 Å². The van der Waals surface area contributed by atoms with Crippen molar-refractivity contribution in [3.05, 3.63) is 29.3 Å². The third-order valence-electron chi connectivity index (χ3n) is 3.32. The molecule has 0 unspecified atom stereocenters. The van der Waals surface area contributed by atoms with Crippen molar-refractivity contribution >= 4 is 11.8 Å². The first-order chi connectivity index (χ1) is 9.40. The highest BCUT2D eigenvalue weighted by Crippen LogP contribution is 2.30. The summed E-state index contributed by atoms with van der Waals surface area (Å²) in [5.41, 5.74) is 8.58. The van der Waals surface area contributed by atoms with Crippen LogP contribution in [-0.4, -0.2) is 24.8 Å². The zero-order valence-electron chi connectivity index (χ0n) is 12.6. The van der Waals surface area contributed by atoms with Crippen LogP contribution in [0.5, 0.6) is 0 Å². The van der Waals surface area contributed by atoms with Gasteiger partial charge in [-0.2, -0.15) is 0 Å². The van der Waals surface area contributed by atoms with E-state index in [-0.39, 0.29) is 6.09 Å². The van der Waals surface area contributed by atoms with Crippen molar-refractivity contribution in [2.75, 3.05) is 18.0 Å². The number of hydrogen-bond acceptors (Lipinski definition) is 3. The minimum absolute atomic E-state index is 0.258. The van der Waals surface area contributed by atoms with Crippen LogP contribution >= 0.6 is 0 Å². The second-order valence-electron chi connectivity index (χ2n) is 6.24. The minimum Gasteiger partial charge on any atom is -0.443 e. The average Bonchev–Trinajstić information content (AvgIpc) is 2.77. The Bertz CT molecular complexity index is 492. The largest absolute Gasteiger partial charge is 0.443 e. The Morgan fingerprint density at radius 2 is 2.15 bits per heavy atom. The molecular weight excluding hydrogens is 252 g/mol. The van der Waals surface area contributed by atoms with E-state index >= 15 is 0 Å². The van der Waals surface area contributed by atoms with Gasteiger partial charge in [-0.1, -0.05) is 12.1 Å². The van der Waals surface area contributed by atoms with Crippen molar-refractivity contribution in [1.29, 1.82) is 0 Å². The first-order valence-corrected chi connectivity index (χ1v) is 7.23. The van der Waals surface area contributed by atoms with Crippen molar-refractivity contribution < 1.29 is 9.53 Å². The predicted molar refractivity (Wildman–Crippen MR) is 81.1 cm³/mol. The summed E-state index contributed by atoms with van der Waals surface area (Å²) in [6, 6.07) is 6.30. The maximum atomic E-state index is 12.2. The van der Waals surface area contributed by atoms with Crippen molar-refractivity contribution in [2.45, 2.75) is 45.6 Å². The van der Waals surface area contributed by atoms with Crippen molar-refractivity contribution in [1.82, 2.24) is 0 Å². The van der Waals surface area contributed by atoms with Crippen molar-refractivity contribution in [2.24, 2.45) is 5.73 Å². The molecule has 0 aliphatic carbocycles. The summed E-state index contributed by atoms with van der Waals surface area (Å²) < 4.78 is 5.44. The van der Waals surface area contributed by atoms with Crippen molar-refractivity contribution in [3.8, 4) is 0 Å². The highest BCUT2D eigenvalue weighted by Gasteiger charge is 2.28. The van der Waals surface area contributed by atoms with Gasteiger partial charge < -0.3 is 10.5 Å². The molecule has 4 nitrogen and oxygen atoms in total. The Kier molecular flexibility index (Phi) is 4.33. The molecule has 0 aromatic heterocycles. The zero-order valence-corrected chi connectivity index (χ0v) is 12.6. The lowest BCUT2D eigenvalue weighted by molar-refractivity contribution is 0.0584. The molecule has 0 fully saturated rings. The molecule has 0 bridgehead atoms. The number of carbonyl (C=O) groups excluding carboxylic acids is 1. The summed E-state index contributed by atoms with van der Waals surface area (Å²) in [6.45, 7) is 7.07. The van der Waals surface area contributed by atoms with Crippen molar-refractivity contribution in [3.63, 3.8) is 0 Å². The van der Waals surface area contributed by atoms with Crippen LogP contribution in [0.25, 0.3) is 0 Å². The van der Waals surface area contributed by atoms with E-state index in [0.29, 0.717) is 13.1 Å². The van der Waals surface area contributed by atoms with Gasteiger partial charge in [-0.15, -0.1) is 0 Å². The average molecular weight is 276 g/mol. The normalized spacial score (nSPS) is 14.3. The first-order valence-electron chi connectivity index (χ1n) is 7.23. The van der Waals surface area contributed by atoms with Gasteiger partial charge in [-0.25, -0.2) is 4.79 Å². The molecule has 0 spiro atoms. The molecule has 0 saturated heterocycles. The van der Waals surface area contributed by atoms with Gasteiger partial charge in [-0.3, -0.25) is 4.90 Å². The third-order valence-corrected chi connectivity index (χ3v) is 3.32. The van der Waals surface area contributed by atoms with Gasteiger partial charge in [0.1, 0.15) is 5.60 Å². The Labute approximate surface area is 120 Å². The quantitative estimate of drug-likeness (QED) is 0.923. The molecule has 4 heteroatoms. The fourth-order valence-corrected chi connectivity index (χ4v) is 2.42. The van der Waals surface area contributed by atoms with E-state index in [1.807, 2.05) is 26.8 Å². The molecule has 1 amide bonds. The fourth-order valence-electron chi connectivity index (χ4n) is 2.42. The lowest BCUT2D eigenvalue weighted by Gasteiger charge is -2.24. The molecule has 1 aliphatic heterocycles. The van der Waals surface area contributed by atoms with Gasteiger partial charge in [0.2, 0.25) is 0 Å². The molecule has 1 aliphatic rings. The molecule has 110 valence electrons. The number of nitrogens with zero attached hydrogens (tertiary/aromatic N) is 1. The molecule has 20 heavy (non-hydrogen) atoms. The monoisotopic (exact) mass is 276 g/mol. The van der Waals surface area contributed by atoms with E-state index in [1.54, 1.807) is 4.90 Å². The second-order valence-corrected chi connectivity index (χ2v) is 6.24. The maximum absolute atomic E-state index is 12.2. The molecule has 0 saturated carbocycles. The first kappa shape index (κ1) is 14.9. The second kappa shape index (κ2) is 5.83. The molecule has 2 rings (SSSR count). The number of carbonyl (C=O) groups is 1. The molecule has 1 aromatic carbocycles. The number of ether oxygens (including phenoxy) is 1. The number of benzene rings is 1. The van der Waals surface area contributed by atoms with E-state index in [1.165, 1.54) is 11.1 Å². The molecular formula is C16H24N2O2. The summed E-state index contributed by atoms with van der Waals surface area (Å²) >= 11 is 0. The summed E-state index contributed by atoms with van der Waals surface area (Å²) in [5, 5.41) is 0. The maximum Gasteiger partial charge on any atom is 0.414 e. The summed E-state index contributed by atoms with van der Waals surface area (Å²) in [5.74, 6) is 0. The van der Waals surface area contributed by atoms with E-state index in [9.17, 15) is 4.79 Å². The number of anilines is 1. The standard InChI is InChI=1S/C16H24N2O2/c1-16(2,3)20-15(19)18-10-8-13-11-12(5-4-9-17)6-7-14(13)18/h6-7,11H,4-5,8-10,17H2,1-3H3. The van der Waals surface area contributed by atoms with Crippen LogP contribution in [0.4, 0.5) is 10.5 Å². The van der Waals surface area contributed by atoms with Crippen LogP contribution in [0.15, 0.2) is 18.2 Å². The zero-order chi connectivity index (χ0) is 14.8. The number of fused-ring (bicyclic) bond motifs is 1. The van der Waals surface area contributed by atoms with Crippen LogP contribution in [0.2, 0.25) is 0 Å². The highest BCUT2D eigenvalue weighted by atomic mass is 16.6. The van der Waals surface area contributed by atoms with Gasteiger partial charge in [0.25, 0.3) is 0 Å².